The lowest BCUT2D eigenvalue weighted by Crippen LogP contribution is -2.33. The number of hydrogen-bond donors (Lipinski definition) is 3. The number of nitrogens with one attached hydrogen (secondary N) is 2. The Morgan fingerprint density at radius 1 is 1.30 bits per heavy atom. The Balaban J connectivity index is 2.52. The largest absolute Gasteiger partial charge is 0.507 e. The molecule has 0 fully saturated rings. The van der Waals surface area contributed by atoms with Gasteiger partial charge in [0.1, 0.15) is 5.75 Å². The van der Waals surface area contributed by atoms with Gasteiger partial charge in [-0.1, -0.05) is 11.6 Å². The lowest BCUT2D eigenvalue weighted by Gasteiger charge is -2.07. The molecule has 0 aliphatic rings. The van der Waals surface area contributed by atoms with E-state index in [1.807, 2.05) is 0 Å². The number of sulfonamides is 1. The molecule has 20 heavy (non-hydrogen) atoms. The molecule has 8 heteroatoms. The fourth-order valence-corrected chi connectivity index (χ4v) is 1.99. The van der Waals surface area contributed by atoms with Crippen LogP contribution in [-0.4, -0.2) is 38.1 Å². The van der Waals surface area contributed by atoms with Crippen molar-refractivity contribution in [1.29, 1.82) is 0 Å². The average Bonchev–Trinajstić information content (AvgIpc) is 2.29. The molecule has 7 nitrogen and oxygen atoms in total. The number of carbonyl (C=O) groups excluding carboxylic acids is 2. The summed E-state index contributed by atoms with van der Waals surface area (Å²) >= 11 is 0. The standard InChI is InChI=1S/C12H16N2O5S/c1-8-3-4-10(15)9(7-8)12(17)13-6-5-11(16)14-20(2,18)19/h3-4,7,15H,5-6H2,1-2H3,(H,13,17)(H,14,16). The molecule has 0 aliphatic heterocycles. The molecular formula is C12H16N2O5S. The molecule has 110 valence electrons. The third-order valence-electron chi connectivity index (χ3n) is 2.33. The first-order valence-corrected chi connectivity index (χ1v) is 7.66. The highest BCUT2D eigenvalue weighted by molar-refractivity contribution is 7.89. The first-order valence-electron chi connectivity index (χ1n) is 5.77. The highest BCUT2D eigenvalue weighted by atomic mass is 32.2. The molecule has 3 N–H and O–H groups in total. The van der Waals surface area contributed by atoms with Crippen molar-refractivity contribution in [1.82, 2.24) is 10.0 Å². The van der Waals surface area contributed by atoms with Gasteiger partial charge in [-0.25, -0.2) is 8.42 Å². The molecule has 1 aromatic rings. The zero-order chi connectivity index (χ0) is 15.3. The van der Waals surface area contributed by atoms with E-state index < -0.39 is 21.8 Å². The van der Waals surface area contributed by atoms with Crippen LogP contribution in [0.25, 0.3) is 0 Å². The molecule has 0 radical (unpaired) electrons. The second-order valence-corrected chi connectivity index (χ2v) is 6.07. The Bertz CT molecular complexity index is 625. The average molecular weight is 300 g/mol. The highest BCUT2D eigenvalue weighted by Crippen LogP contribution is 2.17. The van der Waals surface area contributed by atoms with Crippen LogP contribution in [0.3, 0.4) is 0 Å². The number of phenols is 1. The number of carbonyl (C=O) groups is 2. The summed E-state index contributed by atoms with van der Waals surface area (Å²) < 4.78 is 23.4. The minimum atomic E-state index is -3.59. The van der Waals surface area contributed by atoms with Gasteiger partial charge in [0.15, 0.2) is 0 Å². The van der Waals surface area contributed by atoms with Crippen molar-refractivity contribution in [2.75, 3.05) is 12.8 Å². The first-order chi connectivity index (χ1) is 9.19. The molecule has 0 saturated carbocycles. The topological polar surface area (TPSA) is 113 Å². The highest BCUT2D eigenvalue weighted by Gasteiger charge is 2.12. The fraction of sp³-hybridized carbons (Fsp3) is 0.333. The first kappa shape index (κ1) is 16.0. The molecule has 0 saturated heterocycles. The van der Waals surface area contributed by atoms with Gasteiger partial charge >= 0.3 is 0 Å². The van der Waals surface area contributed by atoms with E-state index in [9.17, 15) is 23.1 Å². The summed E-state index contributed by atoms with van der Waals surface area (Å²) in [6.07, 6.45) is 0.694. The summed E-state index contributed by atoms with van der Waals surface area (Å²) in [7, 11) is -3.59. The Morgan fingerprint density at radius 3 is 2.55 bits per heavy atom. The molecule has 0 atom stereocenters. The number of phenolic OH excluding ortho intramolecular Hbond substituents is 1. The predicted octanol–water partition coefficient (Wildman–Crippen LogP) is -0.104. The number of aryl methyl sites for hydroxylation is 1. The zero-order valence-electron chi connectivity index (χ0n) is 11.1. The van der Waals surface area contributed by atoms with Gasteiger partial charge in [0.25, 0.3) is 5.91 Å². The predicted molar refractivity (Wildman–Crippen MR) is 72.8 cm³/mol. The van der Waals surface area contributed by atoms with Gasteiger partial charge in [-0.2, -0.15) is 0 Å². The zero-order valence-corrected chi connectivity index (χ0v) is 12.0. The van der Waals surface area contributed by atoms with Crippen LogP contribution in [0, 0.1) is 6.92 Å². The SMILES string of the molecule is Cc1ccc(O)c(C(=O)NCCC(=O)NS(C)(=O)=O)c1. The summed E-state index contributed by atoms with van der Waals surface area (Å²) in [5.74, 6) is -1.40. The van der Waals surface area contributed by atoms with Gasteiger partial charge in [0, 0.05) is 13.0 Å². The number of benzene rings is 1. The molecule has 0 spiro atoms. The smallest absolute Gasteiger partial charge is 0.255 e. The van der Waals surface area contributed by atoms with Crippen LogP contribution in [0.15, 0.2) is 18.2 Å². The van der Waals surface area contributed by atoms with Crippen LogP contribution in [0.5, 0.6) is 5.75 Å². The van der Waals surface area contributed by atoms with Crippen molar-refractivity contribution in [2.24, 2.45) is 0 Å². The second-order valence-electron chi connectivity index (χ2n) is 4.32. The van der Waals surface area contributed by atoms with Gasteiger partial charge in [-0.3, -0.25) is 14.3 Å². The van der Waals surface area contributed by atoms with Crippen molar-refractivity contribution < 1.29 is 23.1 Å². The van der Waals surface area contributed by atoms with Gasteiger partial charge in [0.05, 0.1) is 11.8 Å². The number of hydrogen-bond acceptors (Lipinski definition) is 5. The minimum Gasteiger partial charge on any atom is -0.507 e. The Hall–Kier alpha value is -2.09. The van der Waals surface area contributed by atoms with Crippen LogP contribution < -0.4 is 10.0 Å². The summed E-state index contributed by atoms with van der Waals surface area (Å²) in [6.45, 7) is 1.74. The molecule has 0 aliphatic carbocycles. The lowest BCUT2D eigenvalue weighted by molar-refractivity contribution is -0.119. The van der Waals surface area contributed by atoms with E-state index in [0.717, 1.165) is 11.8 Å². The van der Waals surface area contributed by atoms with E-state index in [1.165, 1.54) is 12.1 Å². The Labute approximate surface area is 117 Å². The van der Waals surface area contributed by atoms with E-state index in [0.29, 0.717) is 0 Å². The quantitative estimate of drug-likeness (QED) is 0.702. The van der Waals surface area contributed by atoms with Crippen molar-refractivity contribution >= 4 is 21.8 Å². The summed E-state index contributed by atoms with van der Waals surface area (Å²) in [6, 6.07) is 4.58. The van der Waals surface area contributed by atoms with Crippen molar-refractivity contribution in [3.63, 3.8) is 0 Å². The number of aromatic hydroxyl groups is 1. The van der Waals surface area contributed by atoms with Gasteiger partial charge in [-0.05, 0) is 19.1 Å². The third kappa shape index (κ3) is 5.27. The Morgan fingerprint density at radius 2 is 1.95 bits per heavy atom. The lowest BCUT2D eigenvalue weighted by atomic mass is 10.1. The van der Waals surface area contributed by atoms with Gasteiger partial charge in [0.2, 0.25) is 15.9 Å². The molecule has 0 unspecified atom stereocenters. The van der Waals surface area contributed by atoms with E-state index in [4.69, 9.17) is 0 Å². The van der Waals surface area contributed by atoms with Crippen LogP contribution in [0.4, 0.5) is 0 Å². The van der Waals surface area contributed by atoms with E-state index in [1.54, 1.807) is 17.7 Å². The molecule has 2 amide bonds. The summed E-state index contributed by atoms with van der Waals surface area (Å²) in [4.78, 5) is 23.0. The summed E-state index contributed by atoms with van der Waals surface area (Å²) in [5, 5.41) is 12.0. The van der Waals surface area contributed by atoms with E-state index >= 15 is 0 Å². The molecule has 0 heterocycles. The van der Waals surface area contributed by atoms with E-state index in [2.05, 4.69) is 5.32 Å². The van der Waals surface area contributed by atoms with Crippen molar-refractivity contribution in [3.05, 3.63) is 29.3 Å². The normalized spacial score (nSPS) is 10.9. The number of rotatable bonds is 5. The third-order valence-corrected chi connectivity index (χ3v) is 2.93. The maximum atomic E-state index is 11.8. The van der Waals surface area contributed by atoms with Crippen LogP contribution in [0.2, 0.25) is 0 Å². The molecular weight excluding hydrogens is 284 g/mol. The maximum Gasteiger partial charge on any atom is 0.255 e. The van der Waals surface area contributed by atoms with Crippen molar-refractivity contribution in [2.45, 2.75) is 13.3 Å². The molecule has 1 aromatic carbocycles. The summed E-state index contributed by atoms with van der Waals surface area (Å²) in [5.41, 5.74) is 0.913. The number of amides is 2. The van der Waals surface area contributed by atoms with Crippen LogP contribution in [-0.2, 0) is 14.8 Å². The molecule has 0 bridgehead atoms. The maximum absolute atomic E-state index is 11.8. The van der Waals surface area contributed by atoms with Crippen molar-refractivity contribution in [3.8, 4) is 5.75 Å². The monoisotopic (exact) mass is 300 g/mol. The molecule has 0 aromatic heterocycles. The minimum absolute atomic E-state index is 0.0342. The van der Waals surface area contributed by atoms with Gasteiger partial charge in [-0.15, -0.1) is 0 Å². The Kier molecular flexibility index (Phi) is 5.09. The second kappa shape index (κ2) is 6.38. The van der Waals surface area contributed by atoms with E-state index in [-0.39, 0.29) is 24.3 Å². The van der Waals surface area contributed by atoms with Crippen LogP contribution in [0.1, 0.15) is 22.3 Å². The molecule has 1 rings (SSSR count). The van der Waals surface area contributed by atoms with Crippen LogP contribution >= 0.6 is 0 Å². The van der Waals surface area contributed by atoms with Gasteiger partial charge < -0.3 is 10.4 Å². The fourth-order valence-electron chi connectivity index (χ4n) is 1.47.